The molecule has 1 aromatic rings. The van der Waals surface area contributed by atoms with E-state index in [9.17, 15) is 0 Å². The Labute approximate surface area is 107 Å². The van der Waals surface area contributed by atoms with E-state index < -0.39 is 0 Å². The monoisotopic (exact) mass is 255 g/mol. The molecule has 1 aliphatic rings. The van der Waals surface area contributed by atoms with E-state index in [4.69, 9.17) is 0 Å². The molecule has 0 saturated heterocycles. The standard InChI is InChI=1S/C13H21NS2/c1-10-5-8-16-12(10)11(2)14-9-13(15-3)6-4-7-13/h5,8,11,14H,4,6-7,9H2,1-3H3. The molecule has 16 heavy (non-hydrogen) atoms. The summed E-state index contributed by atoms with van der Waals surface area (Å²) in [4.78, 5) is 1.50. The highest BCUT2D eigenvalue weighted by molar-refractivity contribution is 8.00. The Morgan fingerprint density at radius 1 is 1.56 bits per heavy atom. The maximum Gasteiger partial charge on any atom is 0.0389 e. The van der Waals surface area contributed by atoms with Crippen molar-refractivity contribution in [3.63, 3.8) is 0 Å². The third-order valence-corrected chi connectivity index (χ3v) is 6.34. The molecule has 0 spiro atoms. The number of thioether (sulfide) groups is 1. The highest BCUT2D eigenvalue weighted by Crippen LogP contribution is 2.42. The molecule has 1 N–H and O–H groups in total. The molecule has 1 atom stereocenters. The van der Waals surface area contributed by atoms with E-state index in [2.05, 4.69) is 36.9 Å². The highest BCUT2D eigenvalue weighted by atomic mass is 32.2. The third-order valence-electron chi connectivity index (χ3n) is 3.72. The van der Waals surface area contributed by atoms with Crippen LogP contribution >= 0.6 is 23.1 Å². The zero-order chi connectivity index (χ0) is 11.6. The van der Waals surface area contributed by atoms with Crippen LogP contribution in [-0.2, 0) is 0 Å². The number of aryl methyl sites for hydroxylation is 1. The summed E-state index contributed by atoms with van der Waals surface area (Å²) in [7, 11) is 0. The van der Waals surface area contributed by atoms with Crippen LogP contribution in [0.2, 0.25) is 0 Å². The van der Waals surface area contributed by atoms with Crippen molar-refractivity contribution in [1.29, 1.82) is 0 Å². The number of nitrogens with one attached hydrogen (secondary N) is 1. The van der Waals surface area contributed by atoms with Gasteiger partial charge in [0.2, 0.25) is 0 Å². The second-order valence-electron chi connectivity index (χ2n) is 4.81. The molecule has 0 aromatic carbocycles. The van der Waals surface area contributed by atoms with Gasteiger partial charge in [0.05, 0.1) is 0 Å². The van der Waals surface area contributed by atoms with Gasteiger partial charge in [0, 0.05) is 22.2 Å². The van der Waals surface area contributed by atoms with E-state index in [-0.39, 0.29) is 0 Å². The second-order valence-corrected chi connectivity index (χ2v) is 7.03. The molecule has 0 amide bonds. The van der Waals surface area contributed by atoms with Gasteiger partial charge in [-0.15, -0.1) is 11.3 Å². The van der Waals surface area contributed by atoms with Gasteiger partial charge in [-0.05, 0) is 50.0 Å². The van der Waals surface area contributed by atoms with Crippen molar-refractivity contribution in [3.8, 4) is 0 Å². The molecule has 90 valence electrons. The van der Waals surface area contributed by atoms with Crippen LogP contribution < -0.4 is 5.32 Å². The summed E-state index contributed by atoms with van der Waals surface area (Å²) in [5.74, 6) is 0. The molecule has 0 bridgehead atoms. The van der Waals surface area contributed by atoms with Crippen molar-refractivity contribution in [1.82, 2.24) is 5.32 Å². The summed E-state index contributed by atoms with van der Waals surface area (Å²) >= 11 is 3.92. The summed E-state index contributed by atoms with van der Waals surface area (Å²) < 4.78 is 0.541. The first kappa shape index (κ1) is 12.5. The summed E-state index contributed by atoms with van der Waals surface area (Å²) in [5, 5.41) is 5.90. The summed E-state index contributed by atoms with van der Waals surface area (Å²) in [5.41, 5.74) is 1.43. The molecule has 0 aliphatic heterocycles. The van der Waals surface area contributed by atoms with Crippen molar-refractivity contribution < 1.29 is 0 Å². The van der Waals surface area contributed by atoms with Crippen LogP contribution in [0, 0.1) is 6.92 Å². The van der Waals surface area contributed by atoms with E-state index in [0.29, 0.717) is 10.8 Å². The fourth-order valence-electron chi connectivity index (χ4n) is 2.28. The minimum absolute atomic E-state index is 0.504. The lowest BCUT2D eigenvalue weighted by molar-refractivity contribution is 0.335. The zero-order valence-corrected chi connectivity index (χ0v) is 12.0. The molecule has 1 fully saturated rings. The van der Waals surface area contributed by atoms with Crippen LogP contribution in [0.25, 0.3) is 0 Å². The summed E-state index contributed by atoms with van der Waals surface area (Å²) in [6.07, 6.45) is 6.44. The van der Waals surface area contributed by atoms with Crippen LogP contribution in [0.3, 0.4) is 0 Å². The summed E-state index contributed by atoms with van der Waals surface area (Å²) in [6, 6.07) is 2.72. The van der Waals surface area contributed by atoms with Crippen molar-refractivity contribution >= 4 is 23.1 Å². The fraction of sp³-hybridized carbons (Fsp3) is 0.692. The normalized spacial score (nSPS) is 20.4. The van der Waals surface area contributed by atoms with E-state index in [1.807, 2.05) is 23.1 Å². The number of thiophene rings is 1. The zero-order valence-electron chi connectivity index (χ0n) is 10.4. The molecule has 1 heterocycles. The van der Waals surface area contributed by atoms with Gasteiger partial charge in [0.1, 0.15) is 0 Å². The lowest BCUT2D eigenvalue weighted by Gasteiger charge is -2.41. The first-order valence-corrected chi connectivity index (χ1v) is 8.10. The van der Waals surface area contributed by atoms with Crippen LogP contribution in [0.4, 0.5) is 0 Å². The Bertz CT molecular complexity index is 336. The van der Waals surface area contributed by atoms with Gasteiger partial charge < -0.3 is 5.32 Å². The Hall–Kier alpha value is 0.0100. The van der Waals surface area contributed by atoms with Crippen LogP contribution in [0.5, 0.6) is 0 Å². The van der Waals surface area contributed by atoms with Gasteiger partial charge in [0.15, 0.2) is 0 Å². The maximum atomic E-state index is 3.71. The predicted molar refractivity (Wildman–Crippen MR) is 75.6 cm³/mol. The van der Waals surface area contributed by atoms with Crippen molar-refractivity contribution in [3.05, 3.63) is 21.9 Å². The first-order chi connectivity index (χ1) is 7.67. The SMILES string of the molecule is CSC1(CNC(C)c2sccc2C)CCC1. The average Bonchev–Trinajstić information content (AvgIpc) is 2.63. The first-order valence-electron chi connectivity index (χ1n) is 5.99. The smallest absolute Gasteiger partial charge is 0.0389 e. The minimum atomic E-state index is 0.504. The Morgan fingerprint density at radius 2 is 2.31 bits per heavy atom. The second kappa shape index (κ2) is 5.11. The Kier molecular flexibility index (Phi) is 3.98. The molecular weight excluding hydrogens is 234 g/mol. The number of rotatable bonds is 5. The molecule has 2 rings (SSSR count). The van der Waals surface area contributed by atoms with Crippen LogP contribution in [0.15, 0.2) is 11.4 Å². The van der Waals surface area contributed by atoms with E-state index in [0.717, 1.165) is 6.54 Å². The van der Waals surface area contributed by atoms with Gasteiger partial charge in [-0.25, -0.2) is 0 Å². The molecule has 0 radical (unpaired) electrons. The fourth-order valence-corrected chi connectivity index (χ4v) is 4.17. The van der Waals surface area contributed by atoms with Crippen molar-refractivity contribution in [2.75, 3.05) is 12.8 Å². The van der Waals surface area contributed by atoms with E-state index >= 15 is 0 Å². The van der Waals surface area contributed by atoms with E-state index in [1.165, 1.54) is 29.7 Å². The molecule has 1 unspecified atom stereocenters. The van der Waals surface area contributed by atoms with Gasteiger partial charge in [-0.3, -0.25) is 0 Å². The molecule has 1 saturated carbocycles. The molecular formula is C13H21NS2. The molecule has 1 aliphatic carbocycles. The van der Waals surface area contributed by atoms with Crippen LogP contribution in [0.1, 0.15) is 42.7 Å². The summed E-state index contributed by atoms with van der Waals surface area (Å²) in [6.45, 7) is 5.65. The maximum absolute atomic E-state index is 3.71. The predicted octanol–water partition coefficient (Wildman–Crippen LogP) is 3.99. The van der Waals surface area contributed by atoms with E-state index in [1.54, 1.807) is 0 Å². The highest BCUT2D eigenvalue weighted by Gasteiger charge is 2.36. The number of hydrogen-bond donors (Lipinski definition) is 1. The average molecular weight is 255 g/mol. The van der Waals surface area contributed by atoms with Gasteiger partial charge in [-0.1, -0.05) is 6.42 Å². The lowest BCUT2D eigenvalue weighted by atomic mass is 9.84. The Morgan fingerprint density at radius 3 is 2.75 bits per heavy atom. The van der Waals surface area contributed by atoms with Crippen LogP contribution in [-0.4, -0.2) is 17.5 Å². The molecule has 1 nitrogen and oxygen atoms in total. The molecule has 3 heteroatoms. The molecule has 1 aromatic heterocycles. The van der Waals surface area contributed by atoms with Gasteiger partial charge in [0.25, 0.3) is 0 Å². The quantitative estimate of drug-likeness (QED) is 0.853. The topological polar surface area (TPSA) is 12.0 Å². The lowest BCUT2D eigenvalue weighted by Crippen LogP contribution is -2.43. The minimum Gasteiger partial charge on any atom is -0.308 e. The van der Waals surface area contributed by atoms with Gasteiger partial charge in [-0.2, -0.15) is 11.8 Å². The van der Waals surface area contributed by atoms with Gasteiger partial charge >= 0.3 is 0 Å². The van der Waals surface area contributed by atoms with Crippen molar-refractivity contribution in [2.24, 2.45) is 0 Å². The number of hydrogen-bond acceptors (Lipinski definition) is 3. The Balaban J connectivity index is 1.88. The largest absolute Gasteiger partial charge is 0.308 e. The van der Waals surface area contributed by atoms with Crippen molar-refractivity contribution in [2.45, 2.75) is 43.9 Å². The third kappa shape index (κ3) is 2.47.